The molecular formula is C15H16N4O3. The fourth-order valence-electron chi connectivity index (χ4n) is 2.45. The third kappa shape index (κ3) is 2.20. The van der Waals surface area contributed by atoms with Crippen molar-refractivity contribution < 1.29 is 9.47 Å². The van der Waals surface area contributed by atoms with Gasteiger partial charge in [-0.3, -0.25) is 9.38 Å². The Hall–Kier alpha value is -2.83. The summed E-state index contributed by atoms with van der Waals surface area (Å²) in [7, 11) is 3.10. The van der Waals surface area contributed by atoms with E-state index in [1.54, 1.807) is 37.1 Å². The molecule has 0 spiro atoms. The topological polar surface area (TPSA) is 70.6 Å². The molecule has 0 saturated carbocycles. The highest BCUT2D eigenvalue weighted by atomic mass is 16.5. The molecule has 22 heavy (non-hydrogen) atoms. The molecule has 114 valence electrons. The number of ether oxygens (including phenoxy) is 2. The number of aryl methyl sites for hydroxylation is 1. The number of nitrogens with zero attached hydrogens (tertiary/aromatic N) is 4. The maximum Gasteiger partial charge on any atom is 0.349 e. The zero-order valence-electron chi connectivity index (χ0n) is 12.6. The van der Waals surface area contributed by atoms with Crippen molar-refractivity contribution in [2.24, 2.45) is 0 Å². The molecule has 0 N–H and O–H groups in total. The molecule has 0 fully saturated rings. The van der Waals surface area contributed by atoms with E-state index in [1.165, 1.54) is 4.68 Å². The quantitative estimate of drug-likeness (QED) is 0.725. The summed E-state index contributed by atoms with van der Waals surface area (Å²) in [6.07, 6.45) is 3.34. The lowest BCUT2D eigenvalue weighted by atomic mass is 10.3. The van der Waals surface area contributed by atoms with Crippen LogP contribution in [0.3, 0.4) is 0 Å². The minimum atomic E-state index is -0.225. The number of hydrogen-bond acceptors (Lipinski definition) is 5. The maximum atomic E-state index is 12.5. The highest BCUT2D eigenvalue weighted by Crippen LogP contribution is 2.29. The Morgan fingerprint density at radius 1 is 1.23 bits per heavy atom. The van der Waals surface area contributed by atoms with Gasteiger partial charge in [0.2, 0.25) is 0 Å². The Bertz CT molecular complexity index is 882. The second-order valence-corrected chi connectivity index (χ2v) is 4.78. The van der Waals surface area contributed by atoms with Crippen molar-refractivity contribution in [3.8, 4) is 11.5 Å². The number of hydrogen-bond donors (Lipinski definition) is 0. The summed E-state index contributed by atoms with van der Waals surface area (Å²) in [5.41, 5.74) is 1.93. The van der Waals surface area contributed by atoms with Gasteiger partial charge in [-0.05, 0) is 19.1 Å². The molecule has 3 aromatic rings. The molecule has 0 aliphatic heterocycles. The van der Waals surface area contributed by atoms with Crippen LogP contribution in [-0.4, -0.2) is 33.4 Å². The van der Waals surface area contributed by atoms with Gasteiger partial charge in [0, 0.05) is 18.5 Å². The molecule has 7 heteroatoms. The van der Waals surface area contributed by atoms with Crippen molar-refractivity contribution in [1.29, 1.82) is 0 Å². The van der Waals surface area contributed by atoms with Crippen molar-refractivity contribution in [3.63, 3.8) is 0 Å². The Morgan fingerprint density at radius 3 is 2.77 bits per heavy atom. The van der Waals surface area contributed by atoms with Gasteiger partial charge in [0.25, 0.3) is 0 Å². The molecule has 0 unspecified atom stereocenters. The Labute approximate surface area is 126 Å². The van der Waals surface area contributed by atoms with Crippen LogP contribution in [0.2, 0.25) is 0 Å². The average molecular weight is 300 g/mol. The standard InChI is InChI=1S/C15H16N4O3/c1-10-12-5-4-8-18(12)15(20)19(17-10)9-11-14(22-3)13(21-2)6-7-16-11/h4-8H,9H2,1-3H3. The zero-order valence-corrected chi connectivity index (χ0v) is 12.6. The van der Waals surface area contributed by atoms with Crippen LogP contribution < -0.4 is 15.2 Å². The van der Waals surface area contributed by atoms with Crippen LogP contribution in [0.4, 0.5) is 0 Å². The van der Waals surface area contributed by atoms with Gasteiger partial charge < -0.3 is 9.47 Å². The van der Waals surface area contributed by atoms with Crippen molar-refractivity contribution in [2.75, 3.05) is 14.2 Å². The van der Waals surface area contributed by atoms with Gasteiger partial charge in [0.15, 0.2) is 11.5 Å². The zero-order chi connectivity index (χ0) is 15.7. The van der Waals surface area contributed by atoms with E-state index >= 15 is 0 Å². The molecule has 3 aromatic heterocycles. The first-order chi connectivity index (χ1) is 10.7. The smallest absolute Gasteiger partial charge is 0.349 e. The molecule has 7 nitrogen and oxygen atoms in total. The summed E-state index contributed by atoms with van der Waals surface area (Å²) in [6, 6.07) is 5.39. The minimum absolute atomic E-state index is 0.203. The van der Waals surface area contributed by atoms with Gasteiger partial charge in [0.1, 0.15) is 5.69 Å². The van der Waals surface area contributed by atoms with E-state index in [-0.39, 0.29) is 12.2 Å². The first kappa shape index (κ1) is 14.1. The third-order valence-electron chi connectivity index (χ3n) is 3.48. The lowest BCUT2D eigenvalue weighted by molar-refractivity contribution is 0.347. The minimum Gasteiger partial charge on any atom is -0.493 e. The van der Waals surface area contributed by atoms with Crippen molar-refractivity contribution >= 4 is 5.52 Å². The van der Waals surface area contributed by atoms with Crippen LogP contribution in [0.15, 0.2) is 35.4 Å². The summed E-state index contributed by atoms with van der Waals surface area (Å²) in [4.78, 5) is 16.7. The fourth-order valence-corrected chi connectivity index (χ4v) is 2.45. The predicted molar refractivity (Wildman–Crippen MR) is 80.6 cm³/mol. The number of methoxy groups -OCH3 is 2. The normalized spacial score (nSPS) is 10.9. The van der Waals surface area contributed by atoms with Gasteiger partial charge in [-0.25, -0.2) is 9.48 Å². The van der Waals surface area contributed by atoms with E-state index in [0.717, 1.165) is 11.2 Å². The SMILES string of the molecule is COc1ccnc(Cn2nc(C)c3cccn3c2=O)c1OC. The highest BCUT2D eigenvalue weighted by Gasteiger charge is 2.14. The summed E-state index contributed by atoms with van der Waals surface area (Å²) >= 11 is 0. The number of pyridine rings is 1. The van der Waals surface area contributed by atoms with Crippen LogP contribution in [0.25, 0.3) is 5.52 Å². The Morgan fingerprint density at radius 2 is 2.05 bits per heavy atom. The molecule has 3 heterocycles. The van der Waals surface area contributed by atoms with E-state index in [1.807, 2.05) is 19.1 Å². The van der Waals surface area contributed by atoms with Gasteiger partial charge >= 0.3 is 5.69 Å². The molecular weight excluding hydrogens is 284 g/mol. The fraction of sp³-hybridized carbons (Fsp3) is 0.267. The molecule has 0 aliphatic carbocycles. The molecule has 3 rings (SSSR count). The summed E-state index contributed by atoms with van der Waals surface area (Å²) < 4.78 is 13.5. The maximum absolute atomic E-state index is 12.5. The third-order valence-corrected chi connectivity index (χ3v) is 3.48. The second kappa shape index (κ2) is 5.51. The van der Waals surface area contributed by atoms with Gasteiger partial charge in [0.05, 0.1) is 32.0 Å². The Balaban J connectivity index is 2.11. The van der Waals surface area contributed by atoms with Crippen molar-refractivity contribution in [2.45, 2.75) is 13.5 Å². The van der Waals surface area contributed by atoms with Crippen LogP contribution in [-0.2, 0) is 6.54 Å². The highest BCUT2D eigenvalue weighted by molar-refractivity contribution is 5.50. The molecule has 0 aromatic carbocycles. The van der Waals surface area contributed by atoms with Crippen LogP contribution in [0.5, 0.6) is 11.5 Å². The van der Waals surface area contributed by atoms with Crippen molar-refractivity contribution in [1.82, 2.24) is 19.2 Å². The lowest BCUT2D eigenvalue weighted by Crippen LogP contribution is -2.30. The molecule has 0 aliphatic rings. The Kier molecular flexibility index (Phi) is 3.54. The van der Waals surface area contributed by atoms with Crippen LogP contribution >= 0.6 is 0 Å². The lowest BCUT2D eigenvalue weighted by Gasteiger charge is -2.12. The van der Waals surface area contributed by atoms with Gasteiger partial charge in [-0.2, -0.15) is 5.10 Å². The van der Waals surface area contributed by atoms with Crippen LogP contribution in [0, 0.1) is 6.92 Å². The second-order valence-electron chi connectivity index (χ2n) is 4.78. The van der Waals surface area contributed by atoms with E-state index in [2.05, 4.69) is 10.1 Å². The molecule has 0 bridgehead atoms. The molecule has 0 atom stereocenters. The summed E-state index contributed by atoms with van der Waals surface area (Å²) in [5, 5.41) is 4.35. The number of rotatable bonds is 4. The average Bonchev–Trinajstić information content (AvgIpc) is 3.02. The summed E-state index contributed by atoms with van der Waals surface area (Å²) in [5.74, 6) is 1.07. The van der Waals surface area contributed by atoms with Gasteiger partial charge in [-0.15, -0.1) is 0 Å². The predicted octanol–water partition coefficient (Wildman–Crippen LogP) is 1.26. The number of aromatic nitrogens is 4. The van der Waals surface area contributed by atoms with E-state index in [0.29, 0.717) is 17.2 Å². The molecule has 0 amide bonds. The summed E-state index contributed by atoms with van der Waals surface area (Å²) in [6.45, 7) is 2.07. The monoisotopic (exact) mass is 300 g/mol. The van der Waals surface area contributed by atoms with Crippen LogP contribution in [0.1, 0.15) is 11.4 Å². The van der Waals surface area contributed by atoms with Crippen molar-refractivity contribution in [3.05, 3.63) is 52.5 Å². The molecule has 0 radical (unpaired) electrons. The van der Waals surface area contributed by atoms with E-state index in [4.69, 9.17) is 9.47 Å². The van der Waals surface area contributed by atoms with Gasteiger partial charge in [-0.1, -0.05) is 0 Å². The first-order valence-electron chi connectivity index (χ1n) is 6.76. The molecule has 0 saturated heterocycles. The number of fused-ring (bicyclic) bond motifs is 1. The largest absolute Gasteiger partial charge is 0.493 e. The van der Waals surface area contributed by atoms with E-state index in [9.17, 15) is 4.79 Å². The first-order valence-corrected chi connectivity index (χ1v) is 6.76. The van der Waals surface area contributed by atoms with E-state index < -0.39 is 0 Å².